The van der Waals surface area contributed by atoms with Crippen LogP contribution in [-0.4, -0.2) is 17.1 Å². The number of nitrogens with one attached hydrogen (secondary N) is 2. The number of ether oxygens (including phenoxy) is 1. The summed E-state index contributed by atoms with van der Waals surface area (Å²) in [5.41, 5.74) is 0.706. The number of H-pyrrole nitrogens is 2. The van der Waals surface area contributed by atoms with Gasteiger partial charge >= 0.3 is 0 Å². The normalized spacial score (nSPS) is 12.6. The molecule has 0 bridgehead atoms. The molecule has 23 heavy (non-hydrogen) atoms. The lowest BCUT2D eigenvalue weighted by molar-refractivity contribution is 0.415. The molecular formula is C17H14N2O4. The lowest BCUT2D eigenvalue weighted by Crippen LogP contribution is -2.46. The number of methoxy groups -OCH3 is 1. The average molecular weight is 310 g/mol. The molecule has 0 fully saturated rings. The predicted octanol–water partition coefficient (Wildman–Crippen LogP) is 0.322. The van der Waals surface area contributed by atoms with Crippen molar-refractivity contribution in [2.75, 3.05) is 7.11 Å². The Kier molecular flexibility index (Phi) is 3.97. The molecule has 6 heteroatoms. The molecule has 0 aliphatic heterocycles. The van der Waals surface area contributed by atoms with Gasteiger partial charge in [-0.2, -0.15) is 0 Å². The van der Waals surface area contributed by atoms with Crippen LogP contribution in [0.1, 0.15) is 11.1 Å². The van der Waals surface area contributed by atoms with E-state index in [-0.39, 0.29) is 21.8 Å². The number of benzene rings is 1. The third-order valence-electron chi connectivity index (χ3n) is 3.27. The van der Waals surface area contributed by atoms with Crippen molar-refractivity contribution in [3.63, 3.8) is 0 Å². The summed E-state index contributed by atoms with van der Waals surface area (Å²) >= 11 is 0. The average Bonchev–Trinajstić information content (AvgIpc) is 3.06. The van der Waals surface area contributed by atoms with E-state index in [0.29, 0.717) is 5.56 Å². The van der Waals surface area contributed by atoms with Gasteiger partial charge in [-0.3, -0.25) is 9.59 Å². The van der Waals surface area contributed by atoms with E-state index in [1.165, 1.54) is 12.5 Å². The van der Waals surface area contributed by atoms with Crippen LogP contribution in [0.3, 0.4) is 0 Å². The Hall–Kier alpha value is -3.28. The topological polar surface area (TPSA) is 88.1 Å². The Bertz CT molecular complexity index is 1030. The van der Waals surface area contributed by atoms with Gasteiger partial charge in [0.25, 0.3) is 11.1 Å². The SMILES string of the molecule is COc1ccc(/C=c2\[nH]c(=O)/c(=C/c3ccoc3)[nH]c2=O)cc1. The zero-order valence-corrected chi connectivity index (χ0v) is 12.3. The summed E-state index contributed by atoms with van der Waals surface area (Å²) < 4.78 is 10.0. The van der Waals surface area contributed by atoms with Crippen LogP contribution in [0, 0.1) is 0 Å². The molecule has 1 aromatic carbocycles. The minimum Gasteiger partial charge on any atom is -0.497 e. The van der Waals surface area contributed by atoms with Crippen molar-refractivity contribution in [1.82, 2.24) is 9.97 Å². The van der Waals surface area contributed by atoms with Gasteiger partial charge < -0.3 is 19.1 Å². The fourth-order valence-corrected chi connectivity index (χ4v) is 2.09. The summed E-state index contributed by atoms with van der Waals surface area (Å²) in [6.45, 7) is 0. The molecule has 0 amide bonds. The first kappa shape index (κ1) is 14.6. The molecule has 2 N–H and O–H groups in total. The lowest BCUT2D eigenvalue weighted by atomic mass is 10.2. The van der Waals surface area contributed by atoms with Gasteiger partial charge in [-0.15, -0.1) is 0 Å². The molecule has 116 valence electrons. The molecular weight excluding hydrogens is 296 g/mol. The van der Waals surface area contributed by atoms with E-state index < -0.39 is 0 Å². The summed E-state index contributed by atoms with van der Waals surface area (Å²) in [5.74, 6) is 0.717. The summed E-state index contributed by atoms with van der Waals surface area (Å²) in [7, 11) is 1.58. The number of furan rings is 1. The molecule has 0 saturated heterocycles. The number of aromatic nitrogens is 2. The number of hydrogen-bond acceptors (Lipinski definition) is 4. The Morgan fingerprint density at radius 1 is 0.913 bits per heavy atom. The number of hydrogen-bond donors (Lipinski definition) is 2. The molecule has 0 aliphatic rings. The minimum absolute atomic E-state index is 0.170. The first-order chi connectivity index (χ1) is 11.2. The van der Waals surface area contributed by atoms with Gasteiger partial charge in [-0.25, -0.2) is 0 Å². The van der Waals surface area contributed by atoms with Gasteiger partial charge in [-0.1, -0.05) is 12.1 Å². The van der Waals surface area contributed by atoms with Crippen LogP contribution in [0.15, 0.2) is 56.9 Å². The zero-order chi connectivity index (χ0) is 16.2. The lowest BCUT2D eigenvalue weighted by Gasteiger charge is -1.98. The maximum atomic E-state index is 12.1. The van der Waals surface area contributed by atoms with Crippen molar-refractivity contribution in [3.05, 3.63) is 85.4 Å². The number of rotatable bonds is 3. The van der Waals surface area contributed by atoms with Crippen LogP contribution in [-0.2, 0) is 0 Å². The van der Waals surface area contributed by atoms with E-state index in [0.717, 1.165) is 11.3 Å². The Balaban J connectivity index is 2.08. The van der Waals surface area contributed by atoms with Gasteiger partial charge in [0.2, 0.25) is 0 Å². The van der Waals surface area contributed by atoms with E-state index in [1.807, 2.05) is 0 Å². The quantitative estimate of drug-likeness (QED) is 0.729. The van der Waals surface area contributed by atoms with Gasteiger partial charge in [0, 0.05) is 5.56 Å². The smallest absolute Gasteiger partial charge is 0.272 e. The summed E-state index contributed by atoms with van der Waals surface area (Å²) in [6, 6.07) is 8.83. The molecule has 0 unspecified atom stereocenters. The molecule has 3 aromatic rings. The Morgan fingerprint density at radius 3 is 2.04 bits per heavy atom. The van der Waals surface area contributed by atoms with Gasteiger partial charge in [0.15, 0.2) is 0 Å². The summed E-state index contributed by atoms with van der Waals surface area (Å²) in [4.78, 5) is 29.4. The Morgan fingerprint density at radius 2 is 1.52 bits per heavy atom. The highest BCUT2D eigenvalue weighted by Crippen LogP contribution is 2.11. The van der Waals surface area contributed by atoms with E-state index in [9.17, 15) is 9.59 Å². The van der Waals surface area contributed by atoms with E-state index in [2.05, 4.69) is 9.97 Å². The van der Waals surface area contributed by atoms with Crippen LogP contribution < -0.4 is 26.6 Å². The zero-order valence-electron chi connectivity index (χ0n) is 12.3. The van der Waals surface area contributed by atoms with Crippen molar-refractivity contribution in [3.8, 4) is 5.75 Å². The van der Waals surface area contributed by atoms with E-state index >= 15 is 0 Å². The second-order valence-corrected chi connectivity index (χ2v) is 4.85. The van der Waals surface area contributed by atoms with Crippen LogP contribution in [0.25, 0.3) is 12.2 Å². The van der Waals surface area contributed by atoms with Crippen LogP contribution in [0.4, 0.5) is 0 Å². The van der Waals surface area contributed by atoms with E-state index in [1.54, 1.807) is 49.6 Å². The van der Waals surface area contributed by atoms with Gasteiger partial charge in [0.05, 0.1) is 19.6 Å². The highest BCUT2D eigenvalue weighted by molar-refractivity contribution is 5.49. The second-order valence-electron chi connectivity index (χ2n) is 4.85. The van der Waals surface area contributed by atoms with Crippen molar-refractivity contribution >= 4 is 12.2 Å². The second kappa shape index (κ2) is 6.23. The van der Waals surface area contributed by atoms with Crippen molar-refractivity contribution < 1.29 is 9.15 Å². The fraction of sp³-hybridized carbons (Fsp3) is 0.0588. The van der Waals surface area contributed by atoms with Gasteiger partial charge in [-0.05, 0) is 35.9 Å². The molecule has 2 aromatic heterocycles. The standard InChI is InChI=1S/C17H14N2O4/c1-22-13-4-2-11(3-5-13)8-14-16(20)19-15(17(21)18-14)9-12-6-7-23-10-12/h2-10H,1H3,(H,18,21)(H,19,20)/b14-8-,15-9-. The maximum absolute atomic E-state index is 12.1. The van der Waals surface area contributed by atoms with Crippen molar-refractivity contribution in [2.45, 2.75) is 0 Å². The monoisotopic (exact) mass is 310 g/mol. The third-order valence-corrected chi connectivity index (χ3v) is 3.27. The predicted molar refractivity (Wildman–Crippen MR) is 85.8 cm³/mol. The van der Waals surface area contributed by atoms with E-state index in [4.69, 9.17) is 9.15 Å². The highest BCUT2D eigenvalue weighted by atomic mass is 16.5. The molecule has 0 radical (unpaired) electrons. The molecule has 0 aliphatic carbocycles. The van der Waals surface area contributed by atoms with Crippen LogP contribution in [0.2, 0.25) is 0 Å². The largest absolute Gasteiger partial charge is 0.497 e. The molecule has 0 saturated carbocycles. The highest BCUT2D eigenvalue weighted by Gasteiger charge is 1.98. The number of aromatic amines is 2. The minimum atomic E-state index is -0.384. The third kappa shape index (κ3) is 3.32. The molecule has 6 nitrogen and oxygen atoms in total. The van der Waals surface area contributed by atoms with Crippen LogP contribution >= 0.6 is 0 Å². The Labute approximate surface area is 130 Å². The molecule has 0 atom stereocenters. The van der Waals surface area contributed by atoms with Gasteiger partial charge in [0.1, 0.15) is 16.4 Å². The maximum Gasteiger partial charge on any atom is 0.272 e. The summed E-state index contributed by atoms with van der Waals surface area (Å²) in [5, 5.41) is 0.354. The van der Waals surface area contributed by atoms with Crippen LogP contribution in [0.5, 0.6) is 5.75 Å². The van der Waals surface area contributed by atoms with Crippen molar-refractivity contribution in [1.29, 1.82) is 0 Å². The molecule has 0 spiro atoms. The summed E-state index contributed by atoms with van der Waals surface area (Å²) in [6.07, 6.45) is 6.11. The first-order valence-electron chi connectivity index (χ1n) is 6.88. The fourth-order valence-electron chi connectivity index (χ4n) is 2.09. The van der Waals surface area contributed by atoms with Crippen molar-refractivity contribution in [2.24, 2.45) is 0 Å². The molecule has 3 rings (SSSR count). The first-order valence-corrected chi connectivity index (χ1v) is 6.88. The molecule has 2 heterocycles.